The summed E-state index contributed by atoms with van der Waals surface area (Å²) >= 11 is 0. The Morgan fingerprint density at radius 3 is 2.46 bits per heavy atom. The summed E-state index contributed by atoms with van der Waals surface area (Å²) in [6, 6.07) is 6.43. The Kier molecular flexibility index (Phi) is 8.69. The summed E-state index contributed by atoms with van der Waals surface area (Å²) in [5, 5.41) is 5.88. The van der Waals surface area contributed by atoms with Gasteiger partial charge in [0.15, 0.2) is 0 Å². The Morgan fingerprint density at radius 2 is 1.79 bits per heavy atom. The molecule has 0 aromatic heterocycles. The molecule has 0 spiro atoms. The zero-order chi connectivity index (χ0) is 16.7. The van der Waals surface area contributed by atoms with E-state index < -0.39 is 10.0 Å². The minimum Gasteiger partial charge on any atom is -0.351 e. The van der Waals surface area contributed by atoms with E-state index in [4.69, 9.17) is 0 Å². The molecule has 2 rings (SSSR count). The summed E-state index contributed by atoms with van der Waals surface area (Å²) in [5.74, 6) is -0.348. The van der Waals surface area contributed by atoms with E-state index in [0.717, 1.165) is 25.8 Å². The predicted molar refractivity (Wildman–Crippen MR) is 97.2 cm³/mol. The number of hydrogen-bond donors (Lipinski definition) is 2. The molecule has 1 fully saturated rings. The van der Waals surface area contributed by atoms with Crippen LogP contribution in [0.1, 0.15) is 36.5 Å². The molecule has 0 bridgehead atoms. The molecule has 0 radical (unpaired) electrons. The van der Waals surface area contributed by atoms with Crippen molar-refractivity contribution in [3.8, 4) is 0 Å². The molecule has 1 aromatic rings. The van der Waals surface area contributed by atoms with Crippen LogP contribution in [-0.2, 0) is 10.0 Å². The quantitative estimate of drug-likeness (QED) is 0.710. The Bertz CT molecular complexity index is 631. The van der Waals surface area contributed by atoms with Crippen molar-refractivity contribution in [2.45, 2.75) is 31.1 Å². The second kappa shape index (κ2) is 9.98. The number of rotatable bonds is 7. The smallest absolute Gasteiger partial charge is 0.252 e. The summed E-state index contributed by atoms with van der Waals surface area (Å²) in [6.07, 6.45) is 2.80. The van der Waals surface area contributed by atoms with Crippen LogP contribution in [0.15, 0.2) is 29.2 Å². The van der Waals surface area contributed by atoms with Crippen molar-refractivity contribution in [3.05, 3.63) is 29.8 Å². The number of benzene rings is 1. The summed E-state index contributed by atoms with van der Waals surface area (Å²) in [5.41, 5.74) is 0.217. The van der Waals surface area contributed by atoms with E-state index in [1.54, 1.807) is 18.2 Å². The van der Waals surface area contributed by atoms with Gasteiger partial charge in [0.25, 0.3) is 5.91 Å². The number of nitrogens with zero attached hydrogens (tertiary/aromatic N) is 1. The van der Waals surface area contributed by atoms with Crippen molar-refractivity contribution < 1.29 is 13.2 Å². The Morgan fingerprint density at radius 1 is 1.12 bits per heavy atom. The average molecular weight is 376 g/mol. The first-order chi connectivity index (χ1) is 11.1. The molecule has 0 saturated carbocycles. The maximum atomic E-state index is 12.8. The molecule has 0 aliphatic carbocycles. The summed E-state index contributed by atoms with van der Waals surface area (Å²) in [7, 11) is -3.62. The van der Waals surface area contributed by atoms with Crippen molar-refractivity contribution in [2.75, 3.05) is 32.7 Å². The van der Waals surface area contributed by atoms with E-state index in [-0.39, 0.29) is 28.8 Å². The first-order valence-electron chi connectivity index (χ1n) is 8.15. The van der Waals surface area contributed by atoms with Crippen LogP contribution in [0.2, 0.25) is 0 Å². The number of piperidine rings is 1. The molecule has 1 heterocycles. The van der Waals surface area contributed by atoms with E-state index in [9.17, 15) is 13.2 Å². The van der Waals surface area contributed by atoms with Crippen LogP contribution < -0.4 is 10.6 Å². The number of amides is 1. The van der Waals surface area contributed by atoms with Gasteiger partial charge in [-0.1, -0.05) is 25.5 Å². The lowest BCUT2D eigenvalue weighted by atomic mass is 10.2. The highest BCUT2D eigenvalue weighted by Gasteiger charge is 2.29. The minimum atomic E-state index is -3.62. The average Bonchev–Trinajstić information content (AvgIpc) is 2.59. The van der Waals surface area contributed by atoms with Crippen LogP contribution >= 0.6 is 12.4 Å². The largest absolute Gasteiger partial charge is 0.351 e. The second-order valence-electron chi connectivity index (χ2n) is 5.57. The van der Waals surface area contributed by atoms with Crippen molar-refractivity contribution in [3.63, 3.8) is 0 Å². The predicted octanol–water partition coefficient (Wildman–Crippen LogP) is 1.62. The number of nitrogens with one attached hydrogen (secondary N) is 2. The summed E-state index contributed by atoms with van der Waals surface area (Å²) < 4.78 is 27.1. The fraction of sp³-hybridized carbons (Fsp3) is 0.562. The molecule has 2 N–H and O–H groups in total. The van der Waals surface area contributed by atoms with Crippen molar-refractivity contribution >= 4 is 28.3 Å². The normalized spacial score (nSPS) is 15.5. The number of sulfonamides is 1. The zero-order valence-electron chi connectivity index (χ0n) is 14.0. The molecule has 136 valence electrons. The van der Waals surface area contributed by atoms with Gasteiger partial charge in [-0.3, -0.25) is 4.79 Å². The SMILES string of the molecule is CCNCCNC(=O)c1ccccc1S(=O)(=O)N1CCCCC1.Cl. The molecule has 24 heavy (non-hydrogen) atoms. The van der Waals surface area contributed by atoms with Gasteiger partial charge in [0.1, 0.15) is 0 Å². The summed E-state index contributed by atoms with van der Waals surface area (Å²) in [6.45, 7) is 4.99. The van der Waals surface area contributed by atoms with Crippen LogP contribution in [0.4, 0.5) is 0 Å². The van der Waals surface area contributed by atoms with E-state index in [2.05, 4.69) is 10.6 Å². The van der Waals surface area contributed by atoms with Gasteiger partial charge in [-0.15, -0.1) is 12.4 Å². The van der Waals surface area contributed by atoms with Gasteiger partial charge in [0, 0.05) is 26.2 Å². The van der Waals surface area contributed by atoms with Crippen LogP contribution in [0.5, 0.6) is 0 Å². The molecular weight excluding hydrogens is 350 g/mol. The van der Waals surface area contributed by atoms with E-state index in [0.29, 0.717) is 26.2 Å². The van der Waals surface area contributed by atoms with Crippen LogP contribution in [0, 0.1) is 0 Å². The number of hydrogen-bond acceptors (Lipinski definition) is 4. The van der Waals surface area contributed by atoms with Gasteiger partial charge in [-0.2, -0.15) is 4.31 Å². The third kappa shape index (κ3) is 5.17. The van der Waals surface area contributed by atoms with Crippen LogP contribution in [-0.4, -0.2) is 51.4 Å². The molecule has 0 atom stereocenters. The van der Waals surface area contributed by atoms with Crippen LogP contribution in [0.25, 0.3) is 0 Å². The molecule has 1 aliphatic rings. The number of halogens is 1. The Balaban J connectivity index is 0.00000288. The van der Waals surface area contributed by atoms with Crippen molar-refractivity contribution in [2.24, 2.45) is 0 Å². The first kappa shape index (κ1) is 20.9. The maximum absolute atomic E-state index is 12.8. The highest BCUT2D eigenvalue weighted by atomic mass is 35.5. The van der Waals surface area contributed by atoms with Crippen LogP contribution in [0.3, 0.4) is 0 Å². The third-order valence-electron chi connectivity index (χ3n) is 3.90. The lowest BCUT2D eigenvalue weighted by molar-refractivity contribution is 0.0950. The fourth-order valence-corrected chi connectivity index (χ4v) is 4.37. The second-order valence-corrected chi connectivity index (χ2v) is 7.48. The van der Waals surface area contributed by atoms with Gasteiger partial charge in [-0.05, 0) is 31.5 Å². The highest BCUT2D eigenvalue weighted by molar-refractivity contribution is 7.89. The molecule has 8 heteroatoms. The molecular formula is C16H26ClN3O3S. The Hall–Kier alpha value is -1.15. The molecule has 6 nitrogen and oxygen atoms in total. The monoisotopic (exact) mass is 375 g/mol. The minimum absolute atomic E-state index is 0. The lowest BCUT2D eigenvalue weighted by Crippen LogP contribution is -2.37. The fourth-order valence-electron chi connectivity index (χ4n) is 2.66. The standard InChI is InChI=1S/C16H25N3O3S.ClH/c1-2-17-10-11-18-16(20)14-8-4-5-9-15(14)23(21,22)19-12-6-3-7-13-19;/h4-5,8-9,17H,2-3,6-7,10-13H2,1H3,(H,18,20);1H. The van der Waals surface area contributed by atoms with Gasteiger partial charge in [-0.25, -0.2) is 8.42 Å². The number of likely N-dealkylation sites (N-methyl/N-ethyl adjacent to an activating group) is 1. The number of carbonyl (C=O) groups excluding carboxylic acids is 1. The molecule has 1 saturated heterocycles. The zero-order valence-corrected chi connectivity index (χ0v) is 15.6. The topological polar surface area (TPSA) is 78.5 Å². The van der Waals surface area contributed by atoms with Gasteiger partial charge < -0.3 is 10.6 Å². The van der Waals surface area contributed by atoms with E-state index >= 15 is 0 Å². The van der Waals surface area contributed by atoms with Gasteiger partial charge >= 0.3 is 0 Å². The number of carbonyl (C=O) groups is 1. The lowest BCUT2D eigenvalue weighted by Gasteiger charge is -2.26. The molecule has 1 amide bonds. The first-order valence-corrected chi connectivity index (χ1v) is 9.59. The van der Waals surface area contributed by atoms with Gasteiger partial charge in [0.05, 0.1) is 10.5 Å². The maximum Gasteiger partial charge on any atom is 0.252 e. The molecule has 0 unspecified atom stereocenters. The highest BCUT2D eigenvalue weighted by Crippen LogP contribution is 2.23. The Labute approximate surface area is 150 Å². The van der Waals surface area contributed by atoms with E-state index in [1.807, 2.05) is 6.92 Å². The van der Waals surface area contributed by atoms with Crippen molar-refractivity contribution in [1.29, 1.82) is 0 Å². The van der Waals surface area contributed by atoms with E-state index in [1.165, 1.54) is 10.4 Å². The third-order valence-corrected chi connectivity index (χ3v) is 5.86. The molecule has 1 aromatic carbocycles. The summed E-state index contributed by atoms with van der Waals surface area (Å²) in [4.78, 5) is 12.4. The van der Waals surface area contributed by atoms with Crippen molar-refractivity contribution in [1.82, 2.24) is 14.9 Å². The van der Waals surface area contributed by atoms with Gasteiger partial charge in [0.2, 0.25) is 10.0 Å². The molecule has 1 aliphatic heterocycles.